The highest BCUT2D eigenvalue weighted by atomic mass is 35.5. The number of esters is 1. The molecule has 0 saturated heterocycles. The van der Waals surface area contributed by atoms with Crippen LogP contribution in [0.15, 0.2) is 36.5 Å². The number of halogens is 1. The first-order valence-corrected chi connectivity index (χ1v) is 6.19. The van der Waals surface area contributed by atoms with Crippen molar-refractivity contribution in [1.82, 2.24) is 4.98 Å². The van der Waals surface area contributed by atoms with Crippen LogP contribution in [0.2, 0.25) is 5.02 Å². The maximum atomic E-state index is 11.9. The number of carbonyl (C=O) groups excluding carboxylic acids is 1. The maximum absolute atomic E-state index is 11.9. The molecule has 0 aliphatic carbocycles. The number of carbonyl (C=O) groups is 1. The van der Waals surface area contributed by atoms with E-state index >= 15 is 0 Å². The Labute approximate surface area is 121 Å². The van der Waals surface area contributed by atoms with Crippen molar-refractivity contribution in [1.29, 1.82) is 0 Å². The normalized spacial score (nSPS) is 10.1. The molecular formula is C14H13ClN2O3. The Morgan fingerprint density at radius 2 is 2.20 bits per heavy atom. The number of methoxy groups -OCH3 is 1. The number of pyridine rings is 1. The van der Waals surface area contributed by atoms with Crippen molar-refractivity contribution in [2.75, 3.05) is 12.8 Å². The number of hydrogen-bond donors (Lipinski definition) is 1. The van der Waals surface area contributed by atoms with Crippen LogP contribution < -0.4 is 10.5 Å². The van der Waals surface area contributed by atoms with E-state index < -0.39 is 5.97 Å². The topological polar surface area (TPSA) is 74.4 Å². The highest BCUT2D eigenvalue weighted by Gasteiger charge is 2.11. The zero-order chi connectivity index (χ0) is 14.5. The summed E-state index contributed by atoms with van der Waals surface area (Å²) < 4.78 is 10.3. The summed E-state index contributed by atoms with van der Waals surface area (Å²) >= 11 is 5.86. The van der Waals surface area contributed by atoms with Gasteiger partial charge in [0.05, 0.1) is 28.9 Å². The zero-order valence-electron chi connectivity index (χ0n) is 10.8. The molecule has 0 fully saturated rings. The third-order valence-electron chi connectivity index (χ3n) is 2.64. The summed E-state index contributed by atoms with van der Waals surface area (Å²) in [5.74, 6) is -0.0616. The van der Waals surface area contributed by atoms with E-state index in [1.165, 1.54) is 13.2 Å². The van der Waals surface area contributed by atoms with Gasteiger partial charge in [0, 0.05) is 6.20 Å². The van der Waals surface area contributed by atoms with Crippen LogP contribution in [0, 0.1) is 0 Å². The van der Waals surface area contributed by atoms with Gasteiger partial charge in [-0.2, -0.15) is 0 Å². The Morgan fingerprint density at radius 3 is 2.90 bits per heavy atom. The van der Waals surface area contributed by atoms with Crippen LogP contribution >= 0.6 is 11.6 Å². The molecule has 0 aliphatic heterocycles. The maximum Gasteiger partial charge on any atom is 0.338 e. The van der Waals surface area contributed by atoms with Crippen molar-refractivity contribution in [2.24, 2.45) is 0 Å². The van der Waals surface area contributed by atoms with Gasteiger partial charge < -0.3 is 15.2 Å². The van der Waals surface area contributed by atoms with E-state index in [1.54, 1.807) is 30.5 Å². The van der Waals surface area contributed by atoms with Gasteiger partial charge in [0.15, 0.2) is 0 Å². The van der Waals surface area contributed by atoms with Gasteiger partial charge in [-0.1, -0.05) is 11.6 Å². The minimum atomic E-state index is -0.488. The van der Waals surface area contributed by atoms with E-state index in [2.05, 4.69) is 4.98 Å². The van der Waals surface area contributed by atoms with E-state index in [0.717, 1.165) is 0 Å². The fourth-order valence-corrected chi connectivity index (χ4v) is 1.78. The van der Waals surface area contributed by atoms with Crippen molar-refractivity contribution in [3.05, 3.63) is 52.7 Å². The van der Waals surface area contributed by atoms with Crippen LogP contribution in [0.3, 0.4) is 0 Å². The minimum Gasteiger partial charge on any atom is -0.481 e. The molecule has 104 valence electrons. The van der Waals surface area contributed by atoms with E-state index in [9.17, 15) is 4.79 Å². The molecule has 1 aromatic heterocycles. The molecule has 2 N–H and O–H groups in total. The van der Waals surface area contributed by atoms with Crippen LogP contribution in [-0.2, 0) is 11.3 Å². The van der Waals surface area contributed by atoms with Gasteiger partial charge in [0.25, 0.3) is 0 Å². The number of aromatic nitrogens is 1. The molecule has 0 unspecified atom stereocenters. The van der Waals surface area contributed by atoms with Crippen LogP contribution in [0.5, 0.6) is 5.88 Å². The molecule has 1 aromatic carbocycles. The van der Waals surface area contributed by atoms with E-state index in [1.807, 2.05) is 0 Å². The van der Waals surface area contributed by atoms with Crippen molar-refractivity contribution >= 4 is 23.3 Å². The molecule has 0 atom stereocenters. The minimum absolute atomic E-state index is 0.0673. The first-order valence-electron chi connectivity index (χ1n) is 5.82. The van der Waals surface area contributed by atoms with Gasteiger partial charge in [-0.05, 0) is 30.3 Å². The highest BCUT2D eigenvalue weighted by molar-refractivity contribution is 6.33. The molecule has 20 heavy (non-hydrogen) atoms. The molecule has 0 amide bonds. The number of rotatable bonds is 4. The lowest BCUT2D eigenvalue weighted by Crippen LogP contribution is -2.07. The standard InChI is InChI=1S/C14H13ClN2O3/c1-19-13-10(3-2-6-17-13)8-20-14(18)9-4-5-12(16)11(15)7-9/h2-7H,8,16H2,1H3. The van der Waals surface area contributed by atoms with Gasteiger partial charge in [-0.25, -0.2) is 9.78 Å². The molecule has 6 heteroatoms. The molecule has 1 heterocycles. The lowest BCUT2D eigenvalue weighted by atomic mass is 10.2. The molecule has 5 nitrogen and oxygen atoms in total. The number of nitrogens with two attached hydrogens (primary N) is 1. The van der Waals surface area contributed by atoms with Crippen molar-refractivity contribution in [2.45, 2.75) is 6.61 Å². The predicted molar refractivity (Wildman–Crippen MR) is 75.8 cm³/mol. The third kappa shape index (κ3) is 3.19. The van der Waals surface area contributed by atoms with Crippen molar-refractivity contribution in [3.63, 3.8) is 0 Å². The van der Waals surface area contributed by atoms with Gasteiger partial charge in [0.1, 0.15) is 6.61 Å². The van der Waals surface area contributed by atoms with Crippen LogP contribution in [0.25, 0.3) is 0 Å². The zero-order valence-corrected chi connectivity index (χ0v) is 11.6. The van der Waals surface area contributed by atoms with Crippen molar-refractivity contribution in [3.8, 4) is 5.88 Å². The quantitative estimate of drug-likeness (QED) is 0.693. The summed E-state index contributed by atoms with van der Waals surface area (Å²) in [4.78, 5) is 15.9. The Bertz CT molecular complexity index is 632. The molecule has 0 radical (unpaired) electrons. The average molecular weight is 293 g/mol. The SMILES string of the molecule is COc1ncccc1COC(=O)c1ccc(N)c(Cl)c1. The second-order valence-corrected chi connectivity index (χ2v) is 4.39. The summed E-state index contributed by atoms with van der Waals surface area (Å²) in [6.45, 7) is 0.0673. The average Bonchev–Trinajstić information content (AvgIpc) is 2.47. The Hall–Kier alpha value is -2.27. The predicted octanol–water partition coefficient (Wildman–Crippen LogP) is 2.68. The molecule has 0 aliphatic rings. The number of hydrogen-bond acceptors (Lipinski definition) is 5. The lowest BCUT2D eigenvalue weighted by molar-refractivity contribution is 0.0469. The third-order valence-corrected chi connectivity index (χ3v) is 2.97. The second kappa shape index (κ2) is 6.25. The summed E-state index contributed by atoms with van der Waals surface area (Å²) in [5, 5.41) is 0.318. The van der Waals surface area contributed by atoms with E-state index in [0.29, 0.717) is 27.7 Å². The first-order chi connectivity index (χ1) is 9.61. The smallest absolute Gasteiger partial charge is 0.338 e. The summed E-state index contributed by atoms with van der Waals surface area (Å²) in [5.41, 5.74) is 7.02. The lowest BCUT2D eigenvalue weighted by Gasteiger charge is -2.08. The van der Waals surface area contributed by atoms with Gasteiger partial charge in [-0.3, -0.25) is 0 Å². The number of nitrogens with zero attached hydrogens (tertiary/aromatic N) is 1. The van der Waals surface area contributed by atoms with Gasteiger partial charge in [0.2, 0.25) is 5.88 Å². The fraction of sp³-hybridized carbons (Fsp3) is 0.143. The van der Waals surface area contributed by atoms with Crippen molar-refractivity contribution < 1.29 is 14.3 Å². The Balaban J connectivity index is 2.06. The number of benzene rings is 1. The summed E-state index contributed by atoms with van der Waals surface area (Å²) in [6, 6.07) is 8.11. The highest BCUT2D eigenvalue weighted by Crippen LogP contribution is 2.21. The fourth-order valence-electron chi connectivity index (χ4n) is 1.60. The molecular weight excluding hydrogens is 280 g/mol. The largest absolute Gasteiger partial charge is 0.481 e. The van der Waals surface area contributed by atoms with E-state index in [4.69, 9.17) is 26.8 Å². The number of anilines is 1. The van der Waals surface area contributed by atoms with Crippen LogP contribution in [0.1, 0.15) is 15.9 Å². The Kier molecular flexibility index (Phi) is 4.42. The number of ether oxygens (including phenoxy) is 2. The summed E-state index contributed by atoms with van der Waals surface area (Å²) in [6.07, 6.45) is 1.60. The van der Waals surface area contributed by atoms with Gasteiger partial charge >= 0.3 is 5.97 Å². The Morgan fingerprint density at radius 1 is 1.40 bits per heavy atom. The molecule has 2 aromatic rings. The van der Waals surface area contributed by atoms with Crippen LogP contribution in [0.4, 0.5) is 5.69 Å². The first kappa shape index (κ1) is 14.1. The molecule has 0 saturated carbocycles. The van der Waals surface area contributed by atoms with E-state index in [-0.39, 0.29) is 6.61 Å². The van der Waals surface area contributed by atoms with Crippen LogP contribution in [-0.4, -0.2) is 18.1 Å². The van der Waals surface area contributed by atoms with Gasteiger partial charge in [-0.15, -0.1) is 0 Å². The molecule has 2 rings (SSSR count). The number of nitrogen functional groups attached to an aromatic ring is 1. The second-order valence-electron chi connectivity index (χ2n) is 3.98. The molecule has 0 bridgehead atoms. The summed E-state index contributed by atoms with van der Waals surface area (Å²) in [7, 11) is 1.51. The monoisotopic (exact) mass is 292 g/mol. The molecule has 0 spiro atoms.